The molecule has 8 heteroatoms. The molecule has 8 nitrogen and oxygen atoms in total. The summed E-state index contributed by atoms with van der Waals surface area (Å²) in [6.07, 6.45) is 3.85. The summed E-state index contributed by atoms with van der Waals surface area (Å²) in [7, 11) is 0. The number of nitrogens with one attached hydrogen (secondary N) is 2. The van der Waals surface area contributed by atoms with E-state index in [9.17, 15) is 14.4 Å². The van der Waals surface area contributed by atoms with Crippen molar-refractivity contribution >= 4 is 23.9 Å². The van der Waals surface area contributed by atoms with Crippen LogP contribution >= 0.6 is 0 Å². The summed E-state index contributed by atoms with van der Waals surface area (Å²) in [6, 6.07) is 6.21. The molecule has 0 saturated heterocycles. The Morgan fingerprint density at radius 3 is 2.48 bits per heavy atom. The molecule has 0 radical (unpaired) electrons. The van der Waals surface area contributed by atoms with Gasteiger partial charge in [-0.25, -0.2) is 0 Å². The van der Waals surface area contributed by atoms with Crippen molar-refractivity contribution in [1.82, 2.24) is 10.6 Å². The summed E-state index contributed by atoms with van der Waals surface area (Å²) in [6.45, 7) is -0.0692. The zero-order valence-electron chi connectivity index (χ0n) is 11.9. The van der Waals surface area contributed by atoms with Gasteiger partial charge in [-0.05, 0) is 24.3 Å². The van der Waals surface area contributed by atoms with Crippen LogP contribution in [0.15, 0.2) is 51.3 Å². The molecule has 0 aromatic carbocycles. The molecule has 0 aliphatic rings. The van der Waals surface area contributed by atoms with Crippen molar-refractivity contribution in [2.45, 2.75) is 6.42 Å². The second-order valence-electron chi connectivity index (χ2n) is 4.40. The number of hydrogen-bond donors (Lipinski definition) is 3. The number of carbonyl (C=O) groups excluding carboxylic acids is 2. The molecule has 0 aliphatic heterocycles. The van der Waals surface area contributed by atoms with Crippen LogP contribution in [-0.2, 0) is 9.59 Å². The average Bonchev–Trinajstić information content (AvgIpc) is 3.19. The lowest BCUT2D eigenvalue weighted by molar-refractivity contribution is -0.136. The lowest BCUT2D eigenvalue weighted by atomic mass is 10.3. The number of amides is 2. The first kappa shape index (κ1) is 16.1. The summed E-state index contributed by atoms with van der Waals surface area (Å²) in [5.74, 6) is -1.90. The molecule has 23 heavy (non-hydrogen) atoms. The fraction of sp³-hybridized carbons (Fsp3) is 0.133. The highest BCUT2D eigenvalue weighted by molar-refractivity contribution is 6.04. The highest BCUT2D eigenvalue weighted by Crippen LogP contribution is 2.08. The van der Waals surface area contributed by atoms with E-state index in [0.717, 1.165) is 0 Å². The van der Waals surface area contributed by atoms with Gasteiger partial charge in [0.2, 0.25) is 0 Å². The first-order valence-electron chi connectivity index (χ1n) is 6.66. The Morgan fingerprint density at radius 2 is 1.87 bits per heavy atom. The summed E-state index contributed by atoms with van der Waals surface area (Å²) in [5, 5.41) is 13.4. The van der Waals surface area contributed by atoms with Crippen molar-refractivity contribution in [3.05, 3.63) is 54.0 Å². The van der Waals surface area contributed by atoms with Crippen LogP contribution in [0.3, 0.4) is 0 Å². The molecule has 2 amide bonds. The topological polar surface area (TPSA) is 122 Å². The summed E-state index contributed by atoms with van der Waals surface area (Å²) in [5.41, 5.74) is -0.0910. The van der Waals surface area contributed by atoms with Gasteiger partial charge in [0, 0.05) is 12.6 Å². The monoisotopic (exact) mass is 318 g/mol. The molecule has 0 unspecified atom stereocenters. The standard InChI is InChI=1S/C15H14N2O6/c18-13(19)5-6-16-14(20)11(9-10-3-1-7-22-10)17-15(21)12-4-2-8-23-12/h1-4,7-9H,5-6H2,(H,16,20)(H,17,21)(H,18,19)/b11-9-. The summed E-state index contributed by atoms with van der Waals surface area (Å²) in [4.78, 5) is 34.6. The van der Waals surface area contributed by atoms with Crippen LogP contribution in [0.4, 0.5) is 0 Å². The van der Waals surface area contributed by atoms with E-state index in [1.807, 2.05) is 0 Å². The summed E-state index contributed by atoms with van der Waals surface area (Å²) < 4.78 is 10.1. The molecular weight excluding hydrogens is 304 g/mol. The Morgan fingerprint density at radius 1 is 1.13 bits per heavy atom. The molecule has 120 valence electrons. The number of hydrogen-bond acceptors (Lipinski definition) is 5. The third-order valence-corrected chi connectivity index (χ3v) is 2.69. The van der Waals surface area contributed by atoms with Crippen molar-refractivity contribution in [1.29, 1.82) is 0 Å². The SMILES string of the molecule is O=C(O)CCNC(=O)/C(=C/c1ccco1)NC(=O)c1ccco1. The predicted octanol–water partition coefficient (Wildman–Crippen LogP) is 1.23. The van der Waals surface area contributed by atoms with Gasteiger partial charge in [-0.15, -0.1) is 0 Å². The second-order valence-corrected chi connectivity index (χ2v) is 4.40. The maximum absolute atomic E-state index is 12.1. The van der Waals surface area contributed by atoms with E-state index in [0.29, 0.717) is 5.76 Å². The molecule has 2 aromatic rings. The van der Waals surface area contributed by atoms with Gasteiger partial charge in [0.1, 0.15) is 11.5 Å². The van der Waals surface area contributed by atoms with E-state index < -0.39 is 17.8 Å². The third-order valence-electron chi connectivity index (χ3n) is 2.69. The number of aliphatic carboxylic acids is 1. The molecule has 0 bridgehead atoms. The Bertz CT molecular complexity index is 700. The van der Waals surface area contributed by atoms with Crippen molar-refractivity contribution in [2.24, 2.45) is 0 Å². The van der Waals surface area contributed by atoms with Crippen LogP contribution in [0.2, 0.25) is 0 Å². The molecule has 2 rings (SSSR count). The summed E-state index contributed by atoms with van der Waals surface area (Å²) >= 11 is 0. The average molecular weight is 318 g/mol. The number of furan rings is 2. The normalized spacial score (nSPS) is 11.0. The van der Waals surface area contributed by atoms with E-state index >= 15 is 0 Å². The molecule has 0 spiro atoms. The van der Waals surface area contributed by atoms with Gasteiger partial charge in [-0.1, -0.05) is 0 Å². The van der Waals surface area contributed by atoms with Crippen LogP contribution in [0.1, 0.15) is 22.7 Å². The van der Waals surface area contributed by atoms with Crippen LogP contribution in [0.25, 0.3) is 6.08 Å². The Balaban J connectivity index is 2.10. The Hall–Kier alpha value is -3.29. The van der Waals surface area contributed by atoms with Gasteiger partial charge in [0.05, 0.1) is 18.9 Å². The lowest BCUT2D eigenvalue weighted by Gasteiger charge is -2.09. The smallest absolute Gasteiger partial charge is 0.305 e. The Labute approximate surface area is 130 Å². The van der Waals surface area contributed by atoms with Gasteiger partial charge in [0.15, 0.2) is 5.76 Å². The largest absolute Gasteiger partial charge is 0.481 e. The van der Waals surface area contributed by atoms with Crippen LogP contribution in [-0.4, -0.2) is 29.4 Å². The molecule has 2 heterocycles. The van der Waals surface area contributed by atoms with Gasteiger partial charge in [-0.3, -0.25) is 14.4 Å². The fourth-order valence-electron chi connectivity index (χ4n) is 1.64. The van der Waals surface area contributed by atoms with Gasteiger partial charge in [-0.2, -0.15) is 0 Å². The maximum Gasteiger partial charge on any atom is 0.305 e. The zero-order chi connectivity index (χ0) is 16.7. The first-order chi connectivity index (χ1) is 11.1. The second kappa shape index (κ2) is 7.64. The minimum absolute atomic E-state index is 0.0358. The van der Waals surface area contributed by atoms with E-state index in [-0.39, 0.29) is 24.4 Å². The van der Waals surface area contributed by atoms with E-state index in [1.165, 1.54) is 30.7 Å². The van der Waals surface area contributed by atoms with Crippen molar-refractivity contribution < 1.29 is 28.3 Å². The van der Waals surface area contributed by atoms with E-state index in [1.54, 1.807) is 12.1 Å². The molecule has 0 aliphatic carbocycles. The molecule has 2 aromatic heterocycles. The first-order valence-corrected chi connectivity index (χ1v) is 6.66. The number of rotatable bonds is 7. The number of carboxylic acids is 1. The van der Waals surface area contributed by atoms with Gasteiger partial charge >= 0.3 is 5.97 Å². The fourth-order valence-corrected chi connectivity index (χ4v) is 1.64. The van der Waals surface area contributed by atoms with Gasteiger partial charge < -0.3 is 24.6 Å². The van der Waals surface area contributed by atoms with Crippen LogP contribution in [0.5, 0.6) is 0 Å². The van der Waals surface area contributed by atoms with Crippen LogP contribution in [0, 0.1) is 0 Å². The molecule has 0 atom stereocenters. The van der Waals surface area contributed by atoms with Gasteiger partial charge in [0.25, 0.3) is 11.8 Å². The molecule has 0 saturated carbocycles. The zero-order valence-corrected chi connectivity index (χ0v) is 11.9. The molecule has 3 N–H and O–H groups in total. The molecule has 0 fully saturated rings. The van der Waals surface area contributed by atoms with Crippen molar-refractivity contribution in [3.63, 3.8) is 0 Å². The van der Waals surface area contributed by atoms with Crippen molar-refractivity contribution in [3.8, 4) is 0 Å². The van der Waals surface area contributed by atoms with E-state index in [4.69, 9.17) is 13.9 Å². The minimum atomic E-state index is -1.04. The quantitative estimate of drug-likeness (QED) is 0.660. The number of carboxylic acid groups (broad SMARTS) is 1. The maximum atomic E-state index is 12.1. The Kier molecular flexibility index (Phi) is 5.35. The third kappa shape index (κ3) is 4.88. The predicted molar refractivity (Wildman–Crippen MR) is 78.1 cm³/mol. The highest BCUT2D eigenvalue weighted by Gasteiger charge is 2.16. The van der Waals surface area contributed by atoms with Crippen molar-refractivity contribution in [2.75, 3.05) is 6.54 Å². The molecular formula is C15H14N2O6. The number of carbonyl (C=O) groups is 3. The lowest BCUT2D eigenvalue weighted by Crippen LogP contribution is -2.35. The minimum Gasteiger partial charge on any atom is -0.481 e. The van der Waals surface area contributed by atoms with Crippen LogP contribution < -0.4 is 10.6 Å². The van der Waals surface area contributed by atoms with E-state index in [2.05, 4.69) is 10.6 Å². The highest BCUT2D eigenvalue weighted by atomic mass is 16.4.